The van der Waals surface area contributed by atoms with Gasteiger partial charge in [0.15, 0.2) is 5.54 Å². The van der Waals surface area contributed by atoms with Gasteiger partial charge in [-0.05, 0) is 77.8 Å². The molecule has 14 heteroatoms. The SMILES string of the molecule is NC(=O)C1(c2ccc(NC(=O)c3cc(OC(F)(F)F)ccc3Br)cc2)NCN=C1C(=O)NCCN1CCCCC1. The van der Waals surface area contributed by atoms with Crippen molar-refractivity contribution < 1.29 is 32.3 Å². The number of carbonyl (C=O) groups excluding carboxylic acids is 3. The lowest BCUT2D eigenvalue weighted by Crippen LogP contribution is -2.58. The van der Waals surface area contributed by atoms with Crippen molar-refractivity contribution in [2.24, 2.45) is 10.7 Å². The lowest BCUT2D eigenvalue weighted by Gasteiger charge is -2.29. The summed E-state index contributed by atoms with van der Waals surface area (Å²) in [5.41, 5.74) is 4.57. The third kappa shape index (κ3) is 6.80. The molecule has 2 heterocycles. The van der Waals surface area contributed by atoms with E-state index in [0.29, 0.717) is 18.7 Å². The highest BCUT2D eigenvalue weighted by Crippen LogP contribution is 2.30. The number of carbonyl (C=O) groups is 3. The van der Waals surface area contributed by atoms with Gasteiger partial charge in [-0.15, -0.1) is 13.2 Å². The van der Waals surface area contributed by atoms with Gasteiger partial charge < -0.3 is 26.0 Å². The zero-order valence-electron chi connectivity index (χ0n) is 21.3. The summed E-state index contributed by atoms with van der Waals surface area (Å²) in [6, 6.07) is 9.27. The summed E-state index contributed by atoms with van der Waals surface area (Å²) < 4.78 is 41.9. The molecule has 2 aliphatic heterocycles. The molecule has 1 unspecified atom stereocenters. The maximum absolute atomic E-state index is 13.0. The van der Waals surface area contributed by atoms with E-state index in [1.807, 2.05) is 0 Å². The molecule has 214 valence electrons. The quantitative estimate of drug-likeness (QED) is 0.338. The lowest BCUT2D eigenvalue weighted by molar-refractivity contribution is -0.274. The van der Waals surface area contributed by atoms with Crippen LogP contribution in [0.4, 0.5) is 18.9 Å². The van der Waals surface area contributed by atoms with Crippen LogP contribution in [0.15, 0.2) is 51.9 Å². The summed E-state index contributed by atoms with van der Waals surface area (Å²) in [6.45, 7) is 3.04. The van der Waals surface area contributed by atoms with Crippen molar-refractivity contribution in [2.75, 3.05) is 38.2 Å². The molecule has 0 saturated carbocycles. The molecule has 0 aliphatic carbocycles. The van der Waals surface area contributed by atoms with E-state index in [9.17, 15) is 27.6 Å². The molecule has 2 aromatic carbocycles. The number of halogens is 4. The van der Waals surface area contributed by atoms with E-state index in [2.05, 4.69) is 46.5 Å². The maximum Gasteiger partial charge on any atom is 0.573 e. The minimum Gasteiger partial charge on any atom is -0.406 e. The molecule has 10 nitrogen and oxygen atoms in total. The summed E-state index contributed by atoms with van der Waals surface area (Å²) in [7, 11) is 0. The molecule has 1 saturated heterocycles. The van der Waals surface area contributed by atoms with Crippen LogP contribution in [0.3, 0.4) is 0 Å². The Morgan fingerprint density at radius 3 is 2.42 bits per heavy atom. The Kier molecular flexibility index (Phi) is 9.11. The standard InChI is InChI=1S/C26H28BrF3N6O4/c27-20-9-8-18(40-26(28,29)30)14-19(20)22(37)35-17-6-4-16(5-7-17)25(24(31)39)21(33-15-34-25)23(38)32-10-13-36-11-2-1-3-12-36/h4-9,14,34H,1-3,10-13,15H2,(H2,31,39)(H,32,38)(H,35,37). The largest absolute Gasteiger partial charge is 0.573 e. The van der Waals surface area contributed by atoms with Crippen molar-refractivity contribution in [1.82, 2.24) is 15.5 Å². The molecule has 0 spiro atoms. The average Bonchev–Trinajstić information content (AvgIpc) is 3.36. The number of aliphatic imine (C=N–C) groups is 1. The second kappa shape index (κ2) is 12.4. The summed E-state index contributed by atoms with van der Waals surface area (Å²) in [5.74, 6) is -2.58. The Labute approximate surface area is 236 Å². The van der Waals surface area contributed by atoms with Gasteiger partial charge in [0.1, 0.15) is 11.5 Å². The normalized spacial score (nSPS) is 19.6. The second-order valence-corrected chi connectivity index (χ2v) is 10.2. The van der Waals surface area contributed by atoms with Crippen molar-refractivity contribution in [3.8, 4) is 5.75 Å². The molecule has 2 aliphatic rings. The molecule has 4 rings (SSSR count). The fourth-order valence-corrected chi connectivity index (χ4v) is 5.16. The van der Waals surface area contributed by atoms with Gasteiger partial charge in [0.05, 0.1) is 12.2 Å². The van der Waals surface area contributed by atoms with Crippen LogP contribution in [0, 0.1) is 0 Å². The maximum atomic E-state index is 13.0. The number of rotatable bonds is 9. The van der Waals surface area contributed by atoms with Crippen LogP contribution in [-0.2, 0) is 15.1 Å². The van der Waals surface area contributed by atoms with Crippen LogP contribution in [-0.4, -0.2) is 67.5 Å². The van der Waals surface area contributed by atoms with Crippen molar-refractivity contribution in [3.63, 3.8) is 0 Å². The zero-order valence-corrected chi connectivity index (χ0v) is 22.9. The summed E-state index contributed by atoms with van der Waals surface area (Å²) in [5, 5.41) is 8.34. The third-order valence-corrected chi connectivity index (χ3v) is 7.37. The molecule has 0 aromatic heterocycles. The van der Waals surface area contributed by atoms with E-state index >= 15 is 0 Å². The molecular formula is C26H28BrF3N6O4. The van der Waals surface area contributed by atoms with Crippen LogP contribution < -0.4 is 26.4 Å². The van der Waals surface area contributed by atoms with Gasteiger partial charge in [0.2, 0.25) is 5.91 Å². The molecule has 2 aromatic rings. The number of piperidine rings is 1. The summed E-state index contributed by atoms with van der Waals surface area (Å²) in [4.78, 5) is 45.0. The van der Waals surface area contributed by atoms with Gasteiger partial charge in [-0.1, -0.05) is 18.6 Å². The number of anilines is 1. The molecule has 5 N–H and O–H groups in total. The second-order valence-electron chi connectivity index (χ2n) is 9.33. The number of benzene rings is 2. The first-order chi connectivity index (χ1) is 19.0. The van der Waals surface area contributed by atoms with Crippen molar-refractivity contribution in [2.45, 2.75) is 31.2 Å². The van der Waals surface area contributed by atoms with Gasteiger partial charge in [-0.3, -0.25) is 24.7 Å². The Morgan fingerprint density at radius 1 is 1.07 bits per heavy atom. The third-order valence-electron chi connectivity index (χ3n) is 6.68. The Bertz CT molecular complexity index is 1300. The Hall–Kier alpha value is -3.49. The minimum absolute atomic E-state index is 0.000664. The minimum atomic E-state index is -4.91. The number of nitrogens with zero attached hydrogens (tertiary/aromatic N) is 2. The Morgan fingerprint density at radius 2 is 1.77 bits per heavy atom. The first kappa shape index (κ1) is 29.5. The van der Waals surface area contributed by atoms with Gasteiger partial charge in [0, 0.05) is 23.2 Å². The average molecular weight is 625 g/mol. The predicted octanol–water partition coefficient (Wildman–Crippen LogP) is 2.88. The fraction of sp³-hybridized carbons (Fsp3) is 0.385. The van der Waals surface area contributed by atoms with E-state index in [1.165, 1.54) is 36.8 Å². The highest BCUT2D eigenvalue weighted by molar-refractivity contribution is 9.10. The highest BCUT2D eigenvalue weighted by atomic mass is 79.9. The highest BCUT2D eigenvalue weighted by Gasteiger charge is 2.49. The van der Waals surface area contributed by atoms with Crippen molar-refractivity contribution in [3.05, 3.63) is 58.1 Å². The van der Waals surface area contributed by atoms with Crippen LogP contribution in [0.2, 0.25) is 0 Å². The smallest absolute Gasteiger partial charge is 0.406 e. The van der Waals surface area contributed by atoms with Gasteiger partial charge in [0.25, 0.3) is 11.8 Å². The zero-order chi connectivity index (χ0) is 28.9. The number of amides is 3. The summed E-state index contributed by atoms with van der Waals surface area (Å²) >= 11 is 3.15. The topological polar surface area (TPSA) is 138 Å². The van der Waals surface area contributed by atoms with E-state index in [-0.39, 0.29) is 28.1 Å². The number of ether oxygens (including phenoxy) is 1. The van der Waals surface area contributed by atoms with Crippen molar-refractivity contribution in [1.29, 1.82) is 0 Å². The number of nitrogens with two attached hydrogens (primary N) is 1. The number of alkyl halides is 3. The number of nitrogens with one attached hydrogen (secondary N) is 3. The van der Waals surface area contributed by atoms with E-state index in [4.69, 9.17) is 5.73 Å². The first-order valence-corrected chi connectivity index (χ1v) is 13.4. The first-order valence-electron chi connectivity index (χ1n) is 12.6. The van der Waals surface area contributed by atoms with Gasteiger partial charge >= 0.3 is 6.36 Å². The van der Waals surface area contributed by atoms with E-state index in [1.54, 1.807) is 0 Å². The molecule has 1 atom stereocenters. The van der Waals surface area contributed by atoms with E-state index < -0.39 is 35.4 Å². The molecule has 0 bridgehead atoms. The number of likely N-dealkylation sites (tertiary alicyclic amines) is 1. The van der Waals surface area contributed by atoms with Gasteiger partial charge in [-0.25, -0.2) is 0 Å². The van der Waals surface area contributed by atoms with Crippen LogP contribution in [0.1, 0.15) is 35.2 Å². The molecule has 0 radical (unpaired) electrons. The van der Waals surface area contributed by atoms with Crippen LogP contribution in [0.5, 0.6) is 5.75 Å². The molecule has 40 heavy (non-hydrogen) atoms. The van der Waals surface area contributed by atoms with Crippen molar-refractivity contribution >= 4 is 45.1 Å². The van der Waals surface area contributed by atoms with Crippen LogP contribution in [0.25, 0.3) is 0 Å². The van der Waals surface area contributed by atoms with E-state index in [0.717, 1.165) is 38.1 Å². The Balaban J connectivity index is 1.46. The predicted molar refractivity (Wildman–Crippen MR) is 145 cm³/mol. The summed E-state index contributed by atoms with van der Waals surface area (Å²) in [6.07, 6.45) is -1.45. The molecular weight excluding hydrogens is 597 g/mol. The lowest BCUT2D eigenvalue weighted by atomic mass is 9.84. The molecule has 1 fully saturated rings. The van der Waals surface area contributed by atoms with Crippen LogP contribution >= 0.6 is 15.9 Å². The number of hydrogen-bond acceptors (Lipinski definition) is 7. The number of hydrogen-bond donors (Lipinski definition) is 4. The number of primary amides is 1. The monoisotopic (exact) mass is 624 g/mol. The fourth-order valence-electron chi connectivity index (χ4n) is 4.74. The molecule has 3 amide bonds. The van der Waals surface area contributed by atoms with Gasteiger partial charge in [-0.2, -0.15) is 0 Å².